The zero-order valence-corrected chi connectivity index (χ0v) is 14.9. The van der Waals surface area contributed by atoms with E-state index in [0.29, 0.717) is 39.3 Å². The highest BCUT2D eigenvalue weighted by Gasteiger charge is 2.45. The van der Waals surface area contributed by atoms with Crippen molar-refractivity contribution in [2.45, 2.75) is 33.2 Å². The lowest BCUT2D eigenvalue weighted by atomic mass is 9.88. The van der Waals surface area contributed by atoms with Crippen molar-refractivity contribution < 1.29 is 22.7 Å². The minimum atomic E-state index is -3.08. The van der Waals surface area contributed by atoms with Crippen LogP contribution in [0.3, 0.4) is 0 Å². The van der Waals surface area contributed by atoms with Crippen LogP contribution >= 0.6 is 0 Å². The van der Waals surface area contributed by atoms with Crippen molar-refractivity contribution in [3.8, 4) is 0 Å². The van der Waals surface area contributed by atoms with E-state index in [9.17, 15) is 18.0 Å². The second-order valence-corrected chi connectivity index (χ2v) is 8.91. The van der Waals surface area contributed by atoms with Crippen molar-refractivity contribution in [3.63, 3.8) is 0 Å². The van der Waals surface area contributed by atoms with Gasteiger partial charge in [-0.25, -0.2) is 8.42 Å². The average Bonchev–Trinajstić information content (AvgIpc) is 2.87. The van der Waals surface area contributed by atoms with Gasteiger partial charge in [-0.15, -0.1) is 0 Å². The van der Waals surface area contributed by atoms with Gasteiger partial charge in [0, 0.05) is 25.7 Å². The Balaban J connectivity index is 2.13. The Hall–Kier alpha value is -1.15. The molecule has 2 amide bonds. The highest BCUT2D eigenvalue weighted by molar-refractivity contribution is 7.91. The standard InChI is InChI=1S/C15H26N2O5S/c1-4-17(12-5-10-23(20,21)11-12)14(19)15(2,3)13(18)16-6-8-22-9-7-16/h12H,4-11H2,1-3H3. The fraction of sp³-hybridized carbons (Fsp3) is 0.867. The van der Waals surface area contributed by atoms with Gasteiger partial charge in [-0.3, -0.25) is 9.59 Å². The van der Waals surface area contributed by atoms with Gasteiger partial charge < -0.3 is 14.5 Å². The molecule has 2 fully saturated rings. The van der Waals surface area contributed by atoms with Crippen LogP contribution in [0.1, 0.15) is 27.2 Å². The first-order chi connectivity index (χ1) is 10.7. The molecule has 1 unspecified atom stereocenters. The van der Waals surface area contributed by atoms with Crippen molar-refractivity contribution >= 4 is 21.7 Å². The predicted octanol–water partition coefficient (Wildman–Crippen LogP) is -0.0930. The molecule has 2 saturated heterocycles. The minimum absolute atomic E-state index is 0.00555. The molecule has 23 heavy (non-hydrogen) atoms. The smallest absolute Gasteiger partial charge is 0.237 e. The Morgan fingerprint density at radius 2 is 1.87 bits per heavy atom. The second kappa shape index (κ2) is 6.76. The molecule has 8 heteroatoms. The Kier molecular flexibility index (Phi) is 5.35. The lowest BCUT2D eigenvalue weighted by Crippen LogP contribution is -2.55. The first kappa shape index (κ1) is 18.2. The van der Waals surface area contributed by atoms with E-state index in [2.05, 4.69) is 0 Å². The second-order valence-electron chi connectivity index (χ2n) is 6.68. The predicted molar refractivity (Wildman–Crippen MR) is 85.6 cm³/mol. The molecule has 132 valence electrons. The minimum Gasteiger partial charge on any atom is -0.378 e. The molecule has 0 aromatic carbocycles. The number of hydrogen-bond donors (Lipinski definition) is 0. The summed E-state index contributed by atoms with van der Waals surface area (Å²) in [4.78, 5) is 28.9. The van der Waals surface area contributed by atoms with Crippen LogP contribution in [0.2, 0.25) is 0 Å². The molecule has 1 atom stereocenters. The van der Waals surface area contributed by atoms with Crippen molar-refractivity contribution in [3.05, 3.63) is 0 Å². The molecule has 0 bridgehead atoms. The molecule has 0 aromatic heterocycles. The van der Waals surface area contributed by atoms with Gasteiger partial charge in [-0.1, -0.05) is 0 Å². The van der Waals surface area contributed by atoms with Crippen LogP contribution < -0.4 is 0 Å². The van der Waals surface area contributed by atoms with E-state index < -0.39 is 15.3 Å². The van der Waals surface area contributed by atoms with Crippen LogP contribution in [0.5, 0.6) is 0 Å². The van der Waals surface area contributed by atoms with Crippen LogP contribution in [0, 0.1) is 5.41 Å². The lowest BCUT2D eigenvalue weighted by Gasteiger charge is -2.38. The van der Waals surface area contributed by atoms with Gasteiger partial charge in [-0.2, -0.15) is 0 Å². The van der Waals surface area contributed by atoms with E-state index in [1.165, 1.54) is 0 Å². The number of amides is 2. The first-order valence-electron chi connectivity index (χ1n) is 8.07. The summed E-state index contributed by atoms with van der Waals surface area (Å²) in [6.45, 7) is 7.40. The number of sulfone groups is 1. The topological polar surface area (TPSA) is 84.0 Å². The maximum Gasteiger partial charge on any atom is 0.237 e. The summed E-state index contributed by atoms with van der Waals surface area (Å²) < 4.78 is 28.6. The van der Waals surface area contributed by atoms with Crippen LogP contribution in [-0.4, -0.2) is 80.4 Å². The van der Waals surface area contributed by atoms with Crippen molar-refractivity contribution in [1.82, 2.24) is 9.80 Å². The molecule has 2 aliphatic rings. The molecule has 2 heterocycles. The summed E-state index contributed by atoms with van der Waals surface area (Å²) in [7, 11) is -3.08. The molecule has 2 rings (SSSR count). The van der Waals surface area contributed by atoms with Gasteiger partial charge in [0.15, 0.2) is 9.84 Å². The first-order valence-corrected chi connectivity index (χ1v) is 9.90. The highest BCUT2D eigenvalue weighted by atomic mass is 32.2. The normalized spacial score (nSPS) is 24.5. The SMILES string of the molecule is CCN(C(=O)C(C)(C)C(=O)N1CCOCC1)C1CCS(=O)(=O)C1. The fourth-order valence-corrected chi connectivity index (χ4v) is 4.93. The highest BCUT2D eigenvalue weighted by Crippen LogP contribution is 2.27. The summed E-state index contributed by atoms with van der Waals surface area (Å²) in [6, 6.07) is -0.325. The molecule has 0 N–H and O–H groups in total. The van der Waals surface area contributed by atoms with Crippen molar-refractivity contribution in [2.75, 3.05) is 44.4 Å². The Morgan fingerprint density at radius 3 is 2.35 bits per heavy atom. The van der Waals surface area contributed by atoms with Crippen LogP contribution in [0.25, 0.3) is 0 Å². The number of rotatable bonds is 4. The summed E-state index contributed by atoms with van der Waals surface area (Å²) >= 11 is 0. The number of hydrogen-bond acceptors (Lipinski definition) is 5. The van der Waals surface area contributed by atoms with Gasteiger partial charge in [0.2, 0.25) is 11.8 Å². The third-order valence-electron chi connectivity index (χ3n) is 4.62. The van der Waals surface area contributed by atoms with Crippen LogP contribution in [0.4, 0.5) is 0 Å². The molecule has 2 aliphatic heterocycles. The number of morpholine rings is 1. The monoisotopic (exact) mass is 346 g/mol. The largest absolute Gasteiger partial charge is 0.378 e. The van der Waals surface area contributed by atoms with Crippen molar-refractivity contribution in [1.29, 1.82) is 0 Å². The molecule has 0 spiro atoms. The summed E-state index contributed by atoms with van der Waals surface area (Å²) in [5, 5.41) is 0. The molecular weight excluding hydrogens is 320 g/mol. The number of nitrogens with zero attached hydrogens (tertiary/aromatic N) is 2. The van der Waals surface area contributed by atoms with Gasteiger partial charge in [0.1, 0.15) is 5.41 Å². The Morgan fingerprint density at radius 1 is 1.26 bits per heavy atom. The molecule has 7 nitrogen and oxygen atoms in total. The third-order valence-corrected chi connectivity index (χ3v) is 6.37. The summed E-state index contributed by atoms with van der Waals surface area (Å²) in [6.07, 6.45) is 0.448. The van der Waals surface area contributed by atoms with E-state index in [1.807, 2.05) is 6.92 Å². The van der Waals surface area contributed by atoms with Gasteiger partial charge in [0.25, 0.3) is 0 Å². The molecular formula is C15H26N2O5S. The number of carbonyl (C=O) groups excluding carboxylic acids is 2. The van der Waals surface area contributed by atoms with Gasteiger partial charge in [0.05, 0.1) is 24.7 Å². The van der Waals surface area contributed by atoms with E-state index in [0.717, 1.165) is 0 Å². The number of ether oxygens (including phenoxy) is 1. The van der Waals surface area contributed by atoms with Gasteiger partial charge >= 0.3 is 0 Å². The Labute approximate surface area is 137 Å². The van der Waals surface area contributed by atoms with E-state index in [4.69, 9.17) is 4.74 Å². The van der Waals surface area contributed by atoms with Crippen LogP contribution in [-0.2, 0) is 24.2 Å². The molecule has 0 aliphatic carbocycles. The maximum absolute atomic E-state index is 12.9. The summed E-state index contributed by atoms with van der Waals surface area (Å²) in [5.41, 5.74) is -1.19. The van der Waals surface area contributed by atoms with E-state index >= 15 is 0 Å². The van der Waals surface area contributed by atoms with Gasteiger partial charge in [-0.05, 0) is 27.2 Å². The third kappa shape index (κ3) is 3.85. The van der Waals surface area contributed by atoms with Crippen molar-refractivity contribution in [2.24, 2.45) is 5.41 Å². The average molecular weight is 346 g/mol. The summed E-state index contributed by atoms with van der Waals surface area (Å²) in [5.74, 6) is -0.406. The molecule has 0 radical (unpaired) electrons. The fourth-order valence-electron chi connectivity index (χ4n) is 3.20. The zero-order valence-electron chi connectivity index (χ0n) is 14.1. The molecule has 0 saturated carbocycles. The molecule has 0 aromatic rings. The van der Waals surface area contributed by atoms with E-state index in [-0.39, 0.29) is 29.4 Å². The van der Waals surface area contributed by atoms with E-state index in [1.54, 1.807) is 23.6 Å². The quantitative estimate of drug-likeness (QED) is 0.664. The van der Waals surface area contributed by atoms with Crippen LogP contribution in [0.15, 0.2) is 0 Å². The number of carbonyl (C=O) groups is 2. The maximum atomic E-state index is 12.9. The Bertz CT molecular complexity index is 566. The lowest BCUT2D eigenvalue weighted by molar-refractivity contribution is -0.157. The zero-order chi connectivity index (χ0) is 17.3.